The quantitative estimate of drug-likeness (QED) is 0.528. The lowest BCUT2D eigenvalue weighted by atomic mass is 10.0. The molecule has 0 aliphatic carbocycles. The van der Waals surface area contributed by atoms with E-state index in [9.17, 15) is 0 Å². The zero-order valence-electron chi connectivity index (χ0n) is 10.7. The van der Waals surface area contributed by atoms with Crippen LogP contribution in [-0.4, -0.2) is 50.3 Å². The Morgan fingerprint density at radius 1 is 1.62 bits per heavy atom. The maximum Gasteiger partial charge on any atom is 0.0855 e. The monoisotopic (exact) mass is 226 g/mol. The summed E-state index contributed by atoms with van der Waals surface area (Å²) in [4.78, 5) is 2.46. The van der Waals surface area contributed by atoms with Gasteiger partial charge in [0.2, 0.25) is 0 Å². The van der Waals surface area contributed by atoms with Crippen LogP contribution in [0.25, 0.3) is 0 Å². The standard InChI is InChI=1S/C13H26N2O/c1-4-6-7-8-12(14-3)13-11-15(5-2)9-10-16-13/h4,12-14H,1,5-11H2,2-3H3. The number of nitrogens with one attached hydrogen (secondary N) is 1. The molecule has 3 heteroatoms. The molecule has 1 heterocycles. The van der Waals surface area contributed by atoms with Crippen LogP contribution in [-0.2, 0) is 4.74 Å². The minimum Gasteiger partial charge on any atom is -0.374 e. The van der Waals surface area contributed by atoms with Crippen molar-refractivity contribution in [2.45, 2.75) is 38.3 Å². The Bertz CT molecular complexity index is 196. The molecule has 1 rings (SSSR count). The third kappa shape index (κ3) is 4.24. The van der Waals surface area contributed by atoms with Gasteiger partial charge in [0.15, 0.2) is 0 Å². The summed E-state index contributed by atoms with van der Waals surface area (Å²) in [6, 6.07) is 0.481. The Kier molecular flexibility index (Phi) is 6.69. The second-order valence-electron chi connectivity index (χ2n) is 4.42. The van der Waals surface area contributed by atoms with E-state index in [2.05, 4.69) is 23.7 Å². The van der Waals surface area contributed by atoms with E-state index in [4.69, 9.17) is 4.74 Å². The van der Waals surface area contributed by atoms with Gasteiger partial charge in [-0.2, -0.15) is 0 Å². The average Bonchev–Trinajstić information content (AvgIpc) is 2.35. The zero-order valence-corrected chi connectivity index (χ0v) is 10.7. The van der Waals surface area contributed by atoms with Gasteiger partial charge in [-0.1, -0.05) is 13.0 Å². The molecule has 2 atom stereocenters. The van der Waals surface area contributed by atoms with Crippen molar-refractivity contribution in [3.63, 3.8) is 0 Å². The second kappa shape index (κ2) is 7.82. The van der Waals surface area contributed by atoms with E-state index in [1.54, 1.807) is 0 Å². The fourth-order valence-electron chi connectivity index (χ4n) is 2.26. The summed E-state index contributed by atoms with van der Waals surface area (Å²) in [6.07, 6.45) is 5.81. The molecule has 94 valence electrons. The van der Waals surface area contributed by atoms with Crippen molar-refractivity contribution < 1.29 is 4.74 Å². The van der Waals surface area contributed by atoms with Crippen LogP contribution >= 0.6 is 0 Å². The molecule has 0 aromatic carbocycles. The summed E-state index contributed by atoms with van der Waals surface area (Å²) in [5, 5.41) is 3.39. The molecule has 1 N–H and O–H groups in total. The van der Waals surface area contributed by atoms with Gasteiger partial charge in [0, 0.05) is 19.1 Å². The molecule has 3 nitrogen and oxygen atoms in total. The van der Waals surface area contributed by atoms with Gasteiger partial charge in [0.05, 0.1) is 12.7 Å². The summed E-state index contributed by atoms with van der Waals surface area (Å²) in [6.45, 7) is 10.1. The maximum absolute atomic E-state index is 5.86. The van der Waals surface area contributed by atoms with E-state index in [0.717, 1.165) is 32.7 Å². The molecular weight excluding hydrogens is 200 g/mol. The van der Waals surface area contributed by atoms with Crippen LogP contribution in [0, 0.1) is 0 Å². The molecule has 0 spiro atoms. The largest absolute Gasteiger partial charge is 0.374 e. The van der Waals surface area contributed by atoms with Gasteiger partial charge in [-0.15, -0.1) is 6.58 Å². The Balaban J connectivity index is 2.35. The number of unbranched alkanes of at least 4 members (excludes halogenated alkanes) is 1. The topological polar surface area (TPSA) is 24.5 Å². The number of rotatable bonds is 7. The number of ether oxygens (including phenoxy) is 1. The molecule has 1 aliphatic rings. The summed E-state index contributed by atoms with van der Waals surface area (Å²) in [5.74, 6) is 0. The summed E-state index contributed by atoms with van der Waals surface area (Å²) in [7, 11) is 2.03. The fourth-order valence-corrected chi connectivity index (χ4v) is 2.26. The number of nitrogens with zero attached hydrogens (tertiary/aromatic N) is 1. The van der Waals surface area contributed by atoms with Crippen molar-refractivity contribution in [3.05, 3.63) is 12.7 Å². The summed E-state index contributed by atoms with van der Waals surface area (Å²) >= 11 is 0. The van der Waals surface area contributed by atoms with E-state index in [0.29, 0.717) is 12.1 Å². The Hall–Kier alpha value is -0.380. The Morgan fingerprint density at radius 3 is 3.06 bits per heavy atom. The highest BCUT2D eigenvalue weighted by Gasteiger charge is 2.25. The molecule has 0 aromatic heterocycles. The van der Waals surface area contributed by atoms with E-state index in [-0.39, 0.29) is 0 Å². The average molecular weight is 226 g/mol. The smallest absolute Gasteiger partial charge is 0.0855 e. The Morgan fingerprint density at radius 2 is 2.44 bits per heavy atom. The highest BCUT2D eigenvalue weighted by atomic mass is 16.5. The predicted molar refractivity (Wildman–Crippen MR) is 68.7 cm³/mol. The molecule has 2 unspecified atom stereocenters. The number of hydrogen-bond donors (Lipinski definition) is 1. The first-order chi connectivity index (χ1) is 7.81. The van der Waals surface area contributed by atoms with Crippen molar-refractivity contribution in [3.8, 4) is 0 Å². The van der Waals surface area contributed by atoms with Crippen LogP contribution in [0.4, 0.5) is 0 Å². The Labute approximate surface area is 99.8 Å². The SMILES string of the molecule is C=CCCCC(NC)C1CN(CC)CCO1. The second-order valence-corrected chi connectivity index (χ2v) is 4.42. The zero-order chi connectivity index (χ0) is 11.8. The van der Waals surface area contributed by atoms with E-state index in [1.165, 1.54) is 12.8 Å². The predicted octanol–water partition coefficient (Wildman–Crippen LogP) is 1.65. The lowest BCUT2D eigenvalue weighted by Crippen LogP contribution is -2.51. The maximum atomic E-state index is 5.86. The minimum absolute atomic E-state index is 0.350. The van der Waals surface area contributed by atoms with Gasteiger partial charge in [0.1, 0.15) is 0 Å². The van der Waals surface area contributed by atoms with Crippen LogP contribution < -0.4 is 5.32 Å². The molecule has 0 radical (unpaired) electrons. The molecule has 0 bridgehead atoms. The number of hydrogen-bond acceptors (Lipinski definition) is 3. The number of likely N-dealkylation sites (N-methyl/N-ethyl adjacent to an activating group) is 2. The normalized spacial score (nSPS) is 24.2. The van der Waals surface area contributed by atoms with E-state index in [1.807, 2.05) is 13.1 Å². The lowest BCUT2D eigenvalue weighted by Gasteiger charge is -2.36. The molecular formula is C13H26N2O. The van der Waals surface area contributed by atoms with Crippen molar-refractivity contribution in [1.82, 2.24) is 10.2 Å². The molecule has 0 amide bonds. The van der Waals surface area contributed by atoms with Gasteiger partial charge < -0.3 is 10.1 Å². The summed E-state index contributed by atoms with van der Waals surface area (Å²) in [5.41, 5.74) is 0. The summed E-state index contributed by atoms with van der Waals surface area (Å²) < 4.78 is 5.86. The molecule has 0 saturated carbocycles. The first-order valence-electron chi connectivity index (χ1n) is 6.44. The van der Waals surface area contributed by atoms with Crippen molar-refractivity contribution in [2.24, 2.45) is 0 Å². The van der Waals surface area contributed by atoms with E-state index >= 15 is 0 Å². The molecule has 1 saturated heterocycles. The van der Waals surface area contributed by atoms with Crippen LogP contribution in [0.3, 0.4) is 0 Å². The highest BCUT2D eigenvalue weighted by molar-refractivity contribution is 4.82. The molecule has 16 heavy (non-hydrogen) atoms. The number of morpholine rings is 1. The molecule has 0 aromatic rings. The van der Waals surface area contributed by atoms with Crippen molar-refractivity contribution in [2.75, 3.05) is 33.3 Å². The van der Waals surface area contributed by atoms with Gasteiger partial charge >= 0.3 is 0 Å². The third-order valence-corrected chi connectivity index (χ3v) is 3.37. The lowest BCUT2D eigenvalue weighted by molar-refractivity contribution is -0.0452. The van der Waals surface area contributed by atoms with Crippen molar-refractivity contribution in [1.29, 1.82) is 0 Å². The van der Waals surface area contributed by atoms with Crippen LogP contribution in [0.1, 0.15) is 26.2 Å². The molecule has 1 aliphatic heterocycles. The number of allylic oxidation sites excluding steroid dienone is 1. The van der Waals surface area contributed by atoms with Gasteiger partial charge in [0.25, 0.3) is 0 Å². The third-order valence-electron chi connectivity index (χ3n) is 3.37. The van der Waals surface area contributed by atoms with Crippen LogP contribution in [0.5, 0.6) is 0 Å². The minimum atomic E-state index is 0.350. The van der Waals surface area contributed by atoms with Crippen LogP contribution in [0.2, 0.25) is 0 Å². The van der Waals surface area contributed by atoms with Gasteiger partial charge in [-0.3, -0.25) is 4.90 Å². The fraction of sp³-hybridized carbons (Fsp3) is 0.846. The van der Waals surface area contributed by atoms with Crippen molar-refractivity contribution >= 4 is 0 Å². The first-order valence-corrected chi connectivity index (χ1v) is 6.44. The first kappa shape index (κ1) is 13.7. The highest BCUT2D eigenvalue weighted by Crippen LogP contribution is 2.13. The van der Waals surface area contributed by atoms with E-state index < -0.39 is 0 Å². The van der Waals surface area contributed by atoms with Gasteiger partial charge in [-0.25, -0.2) is 0 Å². The molecule has 1 fully saturated rings. The van der Waals surface area contributed by atoms with Crippen LogP contribution in [0.15, 0.2) is 12.7 Å². The van der Waals surface area contributed by atoms with Gasteiger partial charge in [-0.05, 0) is 32.9 Å².